The highest BCUT2D eigenvalue weighted by Gasteiger charge is 2.41. The third-order valence-corrected chi connectivity index (χ3v) is 13.2. The first-order chi connectivity index (χ1) is 30.4. The Kier molecular flexibility index (Phi) is 10.4. The van der Waals surface area contributed by atoms with Crippen LogP contribution < -0.4 is 20.3 Å². The van der Waals surface area contributed by atoms with Crippen LogP contribution in [0.1, 0.15) is 70.1 Å². The molecule has 17 heteroatoms. The molecule has 2 bridgehead atoms. The molecule has 1 unspecified atom stereocenters. The largest absolute Gasteiger partial charge is 0.477 e. The third-order valence-electron chi connectivity index (χ3n) is 13.2. The Morgan fingerprint density at radius 2 is 1.73 bits per heavy atom. The summed E-state index contributed by atoms with van der Waals surface area (Å²) in [7, 11) is 1.84. The van der Waals surface area contributed by atoms with Gasteiger partial charge in [0, 0.05) is 94.9 Å². The van der Waals surface area contributed by atoms with Crippen molar-refractivity contribution in [2.24, 2.45) is 18.9 Å². The summed E-state index contributed by atoms with van der Waals surface area (Å²) in [6.45, 7) is 10.4. The van der Waals surface area contributed by atoms with Crippen molar-refractivity contribution in [1.82, 2.24) is 44.3 Å². The minimum absolute atomic E-state index is 0.0933. The summed E-state index contributed by atoms with van der Waals surface area (Å²) in [6.07, 6.45) is 4.03. The van der Waals surface area contributed by atoms with E-state index in [1.54, 1.807) is 27.9 Å². The highest BCUT2D eigenvalue weighted by Crippen LogP contribution is 2.34. The molecule has 0 radical (unpaired) electrons. The summed E-state index contributed by atoms with van der Waals surface area (Å²) in [5.41, 5.74) is 7.85. The maximum Gasteiger partial charge on any atom is 0.258 e. The van der Waals surface area contributed by atoms with Gasteiger partial charge in [-0.1, -0.05) is 13.0 Å². The molecule has 2 atom stereocenters. The monoisotopic (exact) mass is 853 g/mol. The Balaban J connectivity index is 0.770. The highest BCUT2D eigenvalue weighted by molar-refractivity contribution is 6.06. The quantitative estimate of drug-likeness (QED) is 0.246. The predicted molar refractivity (Wildman–Crippen MR) is 233 cm³/mol. The second-order valence-corrected chi connectivity index (χ2v) is 17.7. The number of aryl methyl sites for hydroxylation is 2. The van der Waals surface area contributed by atoms with Gasteiger partial charge in [0.05, 0.1) is 41.0 Å². The molecule has 3 fully saturated rings. The molecular weight excluding hydrogens is 803 g/mol. The molecule has 326 valence electrons. The third kappa shape index (κ3) is 7.78. The number of benzene rings is 2. The maximum absolute atomic E-state index is 13.9. The average Bonchev–Trinajstić information content (AvgIpc) is 3.89. The van der Waals surface area contributed by atoms with Crippen LogP contribution in [-0.4, -0.2) is 120 Å². The molecule has 0 spiro atoms. The highest BCUT2D eigenvalue weighted by atomic mass is 16.5. The Hall–Kier alpha value is -6.62. The van der Waals surface area contributed by atoms with Crippen molar-refractivity contribution in [1.29, 1.82) is 0 Å². The van der Waals surface area contributed by atoms with Crippen LogP contribution in [0.4, 0.5) is 11.6 Å². The number of aromatic nitrogens is 5. The zero-order valence-corrected chi connectivity index (χ0v) is 35.8. The van der Waals surface area contributed by atoms with E-state index >= 15 is 0 Å². The summed E-state index contributed by atoms with van der Waals surface area (Å²) in [6, 6.07) is 14.9. The fraction of sp³-hybridized carbons (Fsp3) is 0.435. The summed E-state index contributed by atoms with van der Waals surface area (Å²) in [4.78, 5) is 82.5. The van der Waals surface area contributed by atoms with E-state index in [1.807, 2.05) is 43.1 Å². The number of piperazine rings is 1. The standard InChI is InChI=1S/C46H51N11O6/c1-27-5-4-16-63-45-35(21-47-52(45)3)37-20-30(17-28(2)48-37)41(59)51-46-49-36-9-6-29(18-39(36)57(46)22-27)23-53-12-14-54(15-13-53)43(61)32-24-55(25-32)33-7-8-34-31(19-33)26-56(44(34)62)38-10-11-40(58)50-42(38)60/h6-9,17-21,27,32,38H,4-5,10-16,22-26H2,1-3H3,(H,49,51,59)(H,50,58,60)/t27-,38?/m1/s1. The summed E-state index contributed by atoms with van der Waals surface area (Å²) >= 11 is 0. The van der Waals surface area contributed by atoms with Crippen molar-refractivity contribution in [3.63, 3.8) is 0 Å². The molecule has 0 aliphatic carbocycles. The van der Waals surface area contributed by atoms with Crippen molar-refractivity contribution >= 4 is 52.2 Å². The smallest absolute Gasteiger partial charge is 0.258 e. The maximum atomic E-state index is 13.9. The van der Waals surface area contributed by atoms with Gasteiger partial charge in [-0.15, -0.1) is 0 Å². The lowest BCUT2D eigenvalue weighted by Crippen LogP contribution is -2.58. The van der Waals surface area contributed by atoms with Crippen LogP contribution in [0.5, 0.6) is 5.88 Å². The molecule has 17 nitrogen and oxygen atoms in total. The molecule has 3 saturated heterocycles. The topological polar surface area (TPSA) is 180 Å². The van der Waals surface area contributed by atoms with E-state index < -0.39 is 11.9 Å². The van der Waals surface area contributed by atoms with Crippen molar-refractivity contribution in [3.05, 3.63) is 82.7 Å². The van der Waals surface area contributed by atoms with Gasteiger partial charge in [0.15, 0.2) is 0 Å². The molecule has 10 rings (SSSR count). The molecule has 63 heavy (non-hydrogen) atoms. The molecule has 8 heterocycles. The number of imidazole rings is 1. The molecule has 2 N–H and O–H groups in total. The number of hydrogen-bond acceptors (Lipinski definition) is 11. The summed E-state index contributed by atoms with van der Waals surface area (Å²) in [5.74, 6) is 0.304. The predicted octanol–water partition coefficient (Wildman–Crippen LogP) is 3.74. The van der Waals surface area contributed by atoms with E-state index in [9.17, 15) is 24.0 Å². The van der Waals surface area contributed by atoms with Crippen LogP contribution >= 0.6 is 0 Å². The fourth-order valence-electron chi connectivity index (χ4n) is 9.68. The first-order valence-electron chi connectivity index (χ1n) is 21.9. The zero-order chi connectivity index (χ0) is 43.5. The van der Waals surface area contributed by atoms with Crippen LogP contribution in [0.25, 0.3) is 22.3 Å². The normalized spacial score (nSPS) is 21.2. The first kappa shape index (κ1) is 40.5. The van der Waals surface area contributed by atoms with Gasteiger partial charge in [0.2, 0.25) is 29.5 Å². The number of nitrogens with zero attached hydrogens (tertiary/aromatic N) is 9. The van der Waals surface area contributed by atoms with Gasteiger partial charge >= 0.3 is 0 Å². The number of piperidine rings is 1. The minimum Gasteiger partial charge on any atom is -0.477 e. The first-order valence-corrected chi connectivity index (χ1v) is 21.9. The average molecular weight is 854 g/mol. The van der Waals surface area contributed by atoms with Gasteiger partial charge in [-0.05, 0) is 85.7 Å². The number of carbonyl (C=O) groups is 5. The number of pyridine rings is 1. The van der Waals surface area contributed by atoms with E-state index in [0.717, 1.165) is 65.9 Å². The van der Waals surface area contributed by atoms with Crippen molar-refractivity contribution in [2.45, 2.75) is 65.2 Å². The van der Waals surface area contributed by atoms with E-state index in [4.69, 9.17) is 14.7 Å². The number of fused-ring (bicyclic) bond motifs is 8. The summed E-state index contributed by atoms with van der Waals surface area (Å²) in [5, 5.41) is 9.89. The molecule has 5 aliphatic rings. The van der Waals surface area contributed by atoms with E-state index in [-0.39, 0.29) is 41.9 Å². The van der Waals surface area contributed by atoms with Gasteiger partial charge in [0.1, 0.15) is 6.04 Å². The number of hydrogen-bond donors (Lipinski definition) is 2. The van der Waals surface area contributed by atoms with E-state index in [1.165, 1.54) is 0 Å². The van der Waals surface area contributed by atoms with Gasteiger partial charge in [-0.3, -0.25) is 44.5 Å². The number of imide groups is 1. The van der Waals surface area contributed by atoms with E-state index in [0.29, 0.717) is 86.6 Å². The Morgan fingerprint density at radius 1 is 0.905 bits per heavy atom. The molecule has 5 aromatic rings. The second kappa shape index (κ2) is 16.3. The number of ether oxygens (including phenoxy) is 1. The number of amides is 5. The van der Waals surface area contributed by atoms with Crippen LogP contribution in [0, 0.1) is 18.8 Å². The zero-order valence-electron chi connectivity index (χ0n) is 35.8. The lowest BCUT2D eigenvalue weighted by atomic mass is 9.96. The van der Waals surface area contributed by atoms with Crippen LogP contribution in [0.2, 0.25) is 0 Å². The Bertz CT molecular complexity index is 2680. The van der Waals surface area contributed by atoms with Gasteiger partial charge in [-0.25, -0.2) is 9.67 Å². The molecular formula is C46H51N11O6. The van der Waals surface area contributed by atoms with Gasteiger partial charge in [0.25, 0.3) is 11.8 Å². The molecule has 5 aliphatic heterocycles. The number of nitrogens with one attached hydrogen (secondary N) is 2. The Labute approximate surface area is 364 Å². The molecule has 0 saturated carbocycles. The second-order valence-electron chi connectivity index (χ2n) is 17.7. The molecule has 3 aromatic heterocycles. The summed E-state index contributed by atoms with van der Waals surface area (Å²) < 4.78 is 10.1. The lowest BCUT2D eigenvalue weighted by molar-refractivity contribution is -0.138. The van der Waals surface area contributed by atoms with Crippen LogP contribution in [-0.2, 0) is 41.1 Å². The fourth-order valence-corrected chi connectivity index (χ4v) is 9.68. The van der Waals surface area contributed by atoms with Crippen molar-refractivity contribution < 1.29 is 28.7 Å². The van der Waals surface area contributed by atoms with Crippen LogP contribution in [0.15, 0.2) is 54.7 Å². The number of rotatable bonds is 5. The lowest BCUT2D eigenvalue weighted by Gasteiger charge is -2.44. The molecule has 5 amide bonds. The van der Waals surface area contributed by atoms with Crippen LogP contribution in [0.3, 0.4) is 0 Å². The molecule has 2 aromatic carbocycles. The van der Waals surface area contributed by atoms with E-state index in [2.05, 4.69) is 49.2 Å². The SMILES string of the molecule is Cc1cc2cc(n1)-c1cnn(C)c1OCCC[C@@H](C)Cn1c(nc3ccc(CN4CCN(C(=O)C5CN(c6ccc7c(c6)CN(C6CCC(=O)NC6=O)C7=O)C5)CC4)cc31)NC2=O. The van der Waals surface area contributed by atoms with Crippen molar-refractivity contribution in [3.8, 4) is 17.1 Å². The van der Waals surface area contributed by atoms with Gasteiger partial charge < -0.3 is 24.0 Å². The number of carbonyl (C=O) groups excluding carboxylic acids is 5. The Morgan fingerprint density at radius 3 is 2.54 bits per heavy atom. The number of anilines is 2. The van der Waals surface area contributed by atoms with Crippen molar-refractivity contribution in [2.75, 3.05) is 56.1 Å². The van der Waals surface area contributed by atoms with Gasteiger partial charge in [-0.2, -0.15) is 5.10 Å². The minimum atomic E-state index is -0.649.